The summed E-state index contributed by atoms with van der Waals surface area (Å²) in [4.78, 5) is 55.4. The molecule has 0 saturated carbocycles. The second-order valence-corrected chi connectivity index (χ2v) is 8.33. The Bertz CT molecular complexity index is 1340. The predicted molar refractivity (Wildman–Crippen MR) is 126 cm³/mol. The molecular weight excluding hydrogens is 438 g/mol. The van der Waals surface area contributed by atoms with Crippen LogP contribution in [0.4, 0.5) is 0 Å². The lowest BCUT2D eigenvalue weighted by atomic mass is 9.97. The number of amides is 1. The molecule has 3 aromatic rings. The zero-order valence-electron chi connectivity index (χ0n) is 19.2. The maximum absolute atomic E-state index is 12.5. The van der Waals surface area contributed by atoms with Crippen molar-refractivity contribution in [2.24, 2.45) is 20.0 Å². The fraction of sp³-hybridized carbons (Fsp3) is 0.375. The van der Waals surface area contributed by atoms with Gasteiger partial charge in [-0.15, -0.1) is 0 Å². The molecule has 0 aliphatic carbocycles. The van der Waals surface area contributed by atoms with E-state index in [1.165, 1.54) is 17.9 Å². The van der Waals surface area contributed by atoms with E-state index >= 15 is 0 Å². The summed E-state index contributed by atoms with van der Waals surface area (Å²) >= 11 is 0. The van der Waals surface area contributed by atoms with Crippen molar-refractivity contribution in [1.29, 1.82) is 0 Å². The minimum absolute atomic E-state index is 0.0707. The molecule has 10 heteroatoms. The topological polar surface area (TPSA) is 108 Å². The van der Waals surface area contributed by atoms with Gasteiger partial charge in [-0.3, -0.25) is 23.5 Å². The van der Waals surface area contributed by atoms with Crippen molar-refractivity contribution in [3.63, 3.8) is 0 Å². The van der Waals surface area contributed by atoms with E-state index in [1.54, 1.807) is 28.7 Å². The van der Waals surface area contributed by atoms with Gasteiger partial charge in [-0.05, 0) is 24.5 Å². The quantitative estimate of drug-likeness (QED) is 0.396. The second kappa shape index (κ2) is 9.90. The lowest BCUT2D eigenvalue weighted by Gasteiger charge is -2.30. The zero-order chi connectivity index (χ0) is 24.2. The number of piperidine rings is 1. The van der Waals surface area contributed by atoms with E-state index < -0.39 is 11.2 Å². The highest BCUT2D eigenvalue weighted by Crippen LogP contribution is 2.19. The molecule has 0 atom stereocenters. The molecule has 2 aromatic heterocycles. The first-order valence-electron chi connectivity index (χ1n) is 11.2. The van der Waals surface area contributed by atoms with E-state index in [9.17, 15) is 19.2 Å². The average Bonchev–Trinajstić information content (AvgIpc) is 3.29. The summed E-state index contributed by atoms with van der Waals surface area (Å²) in [5, 5.41) is 0. The molecule has 0 N–H and O–H groups in total. The van der Waals surface area contributed by atoms with Gasteiger partial charge in [0.15, 0.2) is 11.2 Å². The van der Waals surface area contributed by atoms with E-state index in [1.807, 2.05) is 30.3 Å². The Morgan fingerprint density at radius 1 is 1.09 bits per heavy atom. The van der Waals surface area contributed by atoms with Gasteiger partial charge < -0.3 is 14.2 Å². The third-order valence-corrected chi connectivity index (χ3v) is 6.15. The number of benzene rings is 1. The van der Waals surface area contributed by atoms with Gasteiger partial charge in [0, 0.05) is 33.3 Å². The number of likely N-dealkylation sites (tertiary alicyclic amines) is 1. The van der Waals surface area contributed by atoms with Crippen LogP contribution in [0.25, 0.3) is 17.2 Å². The van der Waals surface area contributed by atoms with Gasteiger partial charge >= 0.3 is 11.7 Å². The van der Waals surface area contributed by atoms with Crippen LogP contribution in [0.3, 0.4) is 0 Å². The minimum Gasteiger partial charge on any atom is -0.464 e. The minimum atomic E-state index is -0.449. The Hall–Kier alpha value is -3.95. The van der Waals surface area contributed by atoms with Crippen LogP contribution >= 0.6 is 0 Å². The third kappa shape index (κ3) is 4.70. The van der Waals surface area contributed by atoms with Gasteiger partial charge in [0.1, 0.15) is 6.61 Å². The first kappa shape index (κ1) is 23.2. The highest BCUT2D eigenvalue weighted by molar-refractivity contribution is 5.92. The number of fused-ring (bicyclic) bond motifs is 1. The van der Waals surface area contributed by atoms with Crippen molar-refractivity contribution in [3.8, 4) is 0 Å². The van der Waals surface area contributed by atoms with Gasteiger partial charge in [0.2, 0.25) is 5.91 Å². The number of nitrogens with zero attached hydrogens (tertiary/aromatic N) is 5. The molecule has 4 rings (SSSR count). The fourth-order valence-electron chi connectivity index (χ4n) is 4.10. The molecule has 3 heterocycles. The van der Waals surface area contributed by atoms with Crippen molar-refractivity contribution in [1.82, 2.24) is 23.6 Å². The van der Waals surface area contributed by atoms with Crippen LogP contribution < -0.4 is 11.2 Å². The van der Waals surface area contributed by atoms with Crippen LogP contribution in [0.1, 0.15) is 18.4 Å². The van der Waals surface area contributed by atoms with Crippen LogP contribution in [0.5, 0.6) is 0 Å². The van der Waals surface area contributed by atoms with E-state index in [-0.39, 0.29) is 42.1 Å². The maximum Gasteiger partial charge on any atom is 0.332 e. The summed E-state index contributed by atoms with van der Waals surface area (Å²) in [7, 11) is 2.96. The number of esters is 1. The number of rotatable bonds is 6. The van der Waals surface area contributed by atoms with Crippen LogP contribution in [0, 0.1) is 5.92 Å². The van der Waals surface area contributed by atoms with Crippen LogP contribution in [0.15, 0.2) is 52.3 Å². The second-order valence-electron chi connectivity index (χ2n) is 8.33. The standard InChI is InChI=1S/C24H27N5O5/c1-26-21-20(22(31)27(2)24(26)33)29(16-25-21)14-15-34-23(32)18-10-12-28(13-11-18)19(30)9-8-17-6-4-3-5-7-17/h3-9,16,18H,10-15H2,1-2H3/b9-8+. The van der Waals surface area contributed by atoms with E-state index in [2.05, 4.69) is 4.98 Å². The Balaban J connectivity index is 1.28. The summed E-state index contributed by atoms with van der Waals surface area (Å²) in [6.07, 6.45) is 5.89. The van der Waals surface area contributed by atoms with Crippen molar-refractivity contribution in [2.75, 3.05) is 19.7 Å². The molecule has 1 aliphatic rings. The highest BCUT2D eigenvalue weighted by atomic mass is 16.5. The molecule has 1 aliphatic heterocycles. The van der Waals surface area contributed by atoms with Crippen LogP contribution in [0.2, 0.25) is 0 Å². The van der Waals surface area contributed by atoms with E-state index in [4.69, 9.17) is 4.74 Å². The molecule has 1 saturated heterocycles. The van der Waals surface area contributed by atoms with Gasteiger partial charge in [0.25, 0.3) is 5.56 Å². The summed E-state index contributed by atoms with van der Waals surface area (Å²) in [5.74, 6) is -0.648. The van der Waals surface area contributed by atoms with Crippen molar-refractivity contribution < 1.29 is 14.3 Å². The number of imidazole rings is 1. The fourth-order valence-corrected chi connectivity index (χ4v) is 4.10. The number of hydrogen-bond acceptors (Lipinski definition) is 6. The van der Waals surface area contributed by atoms with Crippen molar-refractivity contribution >= 4 is 29.1 Å². The van der Waals surface area contributed by atoms with Crippen molar-refractivity contribution in [3.05, 3.63) is 69.1 Å². The first-order chi connectivity index (χ1) is 16.4. The molecule has 34 heavy (non-hydrogen) atoms. The summed E-state index contributed by atoms with van der Waals surface area (Å²) in [6.45, 7) is 1.31. The Morgan fingerprint density at radius 2 is 1.79 bits per heavy atom. The first-order valence-corrected chi connectivity index (χ1v) is 11.2. The molecule has 0 spiro atoms. The molecular formula is C24H27N5O5. The Morgan fingerprint density at radius 3 is 2.50 bits per heavy atom. The van der Waals surface area contributed by atoms with Crippen LogP contribution in [-0.4, -0.2) is 55.2 Å². The molecule has 0 unspecified atom stereocenters. The van der Waals surface area contributed by atoms with E-state index in [0.717, 1.165) is 10.1 Å². The van der Waals surface area contributed by atoms with Gasteiger partial charge in [-0.1, -0.05) is 30.3 Å². The molecule has 1 fully saturated rings. The Kier molecular flexibility index (Phi) is 6.76. The average molecular weight is 466 g/mol. The summed E-state index contributed by atoms with van der Waals surface area (Å²) in [6, 6.07) is 9.61. The van der Waals surface area contributed by atoms with Gasteiger partial charge in [-0.25, -0.2) is 9.78 Å². The monoisotopic (exact) mass is 465 g/mol. The lowest BCUT2D eigenvalue weighted by Crippen LogP contribution is -2.40. The third-order valence-electron chi connectivity index (χ3n) is 6.15. The summed E-state index contributed by atoms with van der Waals surface area (Å²) < 4.78 is 9.37. The number of ether oxygens (including phenoxy) is 1. The molecule has 10 nitrogen and oxygen atoms in total. The normalized spacial score (nSPS) is 14.7. The van der Waals surface area contributed by atoms with Gasteiger partial charge in [-0.2, -0.15) is 0 Å². The van der Waals surface area contributed by atoms with E-state index in [0.29, 0.717) is 25.9 Å². The smallest absolute Gasteiger partial charge is 0.332 e. The van der Waals surface area contributed by atoms with Crippen LogP contribution in [-0.2, 0) is 35.0 Å². The molecule has 1 amide bonds. The largest absolute Gasteiger partial charge is 0.464 e. The maximum atomic E-state index is 12.5. The zero-order valence-corrected chi connectivity index (χ0v) is 19.2. The molecule has 178 valence electrons. The molecule has 0 radical (unpaired) electrons. The number of hydrogen-bond donors (Lipinski definition) is 0. The summed E-state index contributed by atoms with van der Waals surface area (Å²) in [5.41, 5.74) is 0.642. The number of carbonyl (C=O) groups is 2. The predicted octanol–water partition coefficient (Wildman–Crippen LogP) is 0.929. The lowest BCUT2D eigenvalue weighted by molar-refractivity contribution is -0.151. The molecule has 0 bridgehead atoms. The van der Waals surface area contributed by atoms with Crippen molar-refractivity contribution in [2.45, 2.75) is 19.4 Å². The highest BCUT2D eigenvalue weighted by Gasteiger charge is 2.27. The number of aryl methyl sites for hydroxylation is 1. The SMILES string of the molecule is Cn1c(=O)c2c(ncn2CCOC(=O)C2CCN(C(=O)/C=C/c3ccccc3)CC2)n(C)c1=O. The molecule has 1 aromatic carbocycles. The number of carbonyl (C=O) groups excluding carboxylic acids is 2. The van der Waals surface area contributed by atoms with Gasteiger partial charge in [0.05, 0.1) is 18.8 Å². The Labute approximate surface area is 195 Å². The number of aromatic nitrogens is 4.